The minimum Gasteiger partial charge on any atom is -0.465 e. The Morgan fingerprint density at radius 3 is 2.68 bits per heavy atom. The van der Waals surface area contributed by atoms with Gasteiger partial charge in [-0.3, -0.25) is 4.79 Å². The van der Waals surface area contributed by atoms with Crippen molar-refractivity contribution in [3.05, 3.63) is 53.7 Å². The maximum absolute atomic E-state index is 13.1. The molecule has 0 N–H and O–H groups in total. The van der Waals surface area contributed by atoms with Crippen LogP contribution in [0.1, 0.15) is 46.8 Å². The molecule has 0 spiro atoms. The Morgan fingerprint density at radius 1 is 1.23 bits per heavy atom. The number of benzene rings is 1. The maximum Gasteiger partial charge on any atom is 0.339 e. The van der Waals surface area contributed by atoms with Crippen molar-refractivity contribution in [2.24, 2.45) is 4.99 Å². The lowest BCUT2D eigenvalue weighted by Gasteiger charge is -2.30. The van der Waals surface area contributed by atoms with Crippen LogP contribution in [-0.2, 0) is 19.6 Å². The number of methoxy groups -OCH3 is 1. The number of aromatic nitrogens is 2. The van der Waals surface area contributed by atoms with Crippen LogP contribution in [0, 0.1) is 0 Å². The molecule has 1 aromatic carbocycles. The van der Waals surface area contributed by atoms with Crippen LogP contribution in [0.25, 0.3) is 0 Å². The molecule has 31 heavy (non-hydrogen) atoms. The quantitative estimate of drug-likeness (QED) is 0.636. The standard InChI is InChI=1S/C20H20N4O6S/c1-29-20(26)14-5-2-3-7-16(14)31(27,28)24-11-8-13(9-12-24)19-22-17(23-30-19)15-6-4-10-21-18(15)25/h2-7,10,13,15H,8-9,11-12H2,1H3. The van der Waals surface area contributed by atoms with Crippen LogP contribution in [0.2, 0.25) is 0 Å². The fourth-order valence-electron chi connectivity index (χ4n) is 3.63. The summed E-state index contributed by atoms with van der Waals surface area (Å²) in [6.07, 6.45) is 5.64. The number of sulfonamides is 1. The Labute approximate surface area is 178 Å². The third-order valence-corrected chi connectivity index (χ3v) is 7.26. The minimum atomic E-state index is -3.88. The van der Waals surface area contributed by atoms with Gasteiger partial charge in [0.2, 0.25) is 15.9 Å². The molecule has 11 heteroatoms. The van der Waals surface area contributed by atoms with Gasteiger partial charge in [0, 0.05) is 25.2 Å². The zero-order valence-corrected chi connectivity index (χ0v) is 17.5. The van der Waals surface area contributed by atoms with Crippen LogP contribution in [-0.4, -0.2) is 61.2 Å². The lowest BCUT2D eigenvalue weighted by atomic mass is 9.98. The summed E-state index contributed by atoms with van der Waals surface area (Å²) in [6.45, 7) is 0.458. The van der Waals surface area contributed by atoms with E-state index in [1.54, 1.807) is 24.3 Å². The van der Waals surface area contributed by atoms with Crippen LogP contribution >= 0.6 is 0 Å². The molecule has 1 fully saturated rings. The number of allylic oxidation sites excluding steroid dienone is 1. The van der Waals surface area contributed by atoms with E-state index in [-0.39, 0.29) is 41.2 Å². The lowest BCUT2D eigenvalue weighted by molar-refractivity contribution is -0.118. The average Bonchev–Trinajstić information content (AvgIpc) is 3.29. The van der Waals surface area contributed by atoms with Crippen molar-refractivity contribution in [3.8, 4) is 0 Å². The Hall–Kier alpha value is -3.18. The summed E-state index contributed by atoms with van der Waals surface area (Å²) in [5, 5.41) is 3.91. The molecular formula is C20H20N4O6S. The van der Waals surface area contributed by atoms with E-state index >= 15 is 0 Å². The van der Waals surface area contributed by atoms with Crippen molar-refractivity contribution in [2.45, 2.75) is 29.6 Å². The molecule has 1 aromatic heterocycles. The van der Waals surface area contributed by atoms with E-state index in [2.05, 4.69) is 15.1 Å². The zero-order chi connectivity index (χ0) is 22.0. The average molecular weight is 444 g/mol. The molecule has 10 nitrogen and oxygen atoms in total. The second kappa shape index (κ2) is 8.52. The van der Waals surface area contributed by atoms with E-state index in [0.717, 1.165) is 0 Å². The minimum absolute atomic E-state index is 0.00142. The number of ether oxygens (including phenoxy) is 1. The number of aliphatic imine (C=N–C) groups is 1. The first kappa shape index (κ1) is 21.1. The molecule has 0 saturated carbocycles. The molecule has 1 atom stereocenters. The first-order valence-corrected chi connectivity index (χ1v) is 11.1. The highest BCUT2D eigenvalue weighted by molar-refractivity contribution is 7.89. The van der Waals surface area contributed by atoms with Crippen LogP contribution in [0.3, 0.4) is 0 Å². The number of carbonyl (C=O) groups is 2. The Kier molecular flexibility index (Phi) is 5.79. The Balaban J connectivity index is 1.47. The largest absolute Gasteiger partial charge is 0.465 e. The number of dihydropyridines is 1. The van der Waals surface area contributed by atoms with Gasteiger partial charge in [-0.05, 0) is 31.1 Å². The number of carbonyl (C=O) groups excluding carboxylic acids is 2. The van der Waals surface area contributed by atoms with Crippen LogP contribution in [0.15, 0.2) is 50.8 Å². The highest BCUT2D eigenvalue weighted by atomic mass is 32.2. The molecule has 2 aliphatic rings. The molecule has 2 aromatic rings. The molecule has 162 valence electrons. The molecule has 1 unspecified atom stereocenters. The Morgan fingerprint density at radius 2 is 1.97 bits per heavy atom. The number of amides is 1. The van der Waals surface area contributed by atoms with E-state index in [9.17, 15) is 18.0 Å². The van der Waals surface area contributed by atoms with Crippen molar-refractivity contribution >= 4 is 28.1 Å². The van der Waals surface area contributed by atoms with Crippen LogP contribution < -0.4 is 0 Å². The summed E-state index contributed by atoms with van der Waals surface area (Å²) in [5.74, 6) is -1.25. The fraction of sp³-hybridized carbons (Fsp3) is 0.350. The smallest absolute Gasteiger partial charge is 0.339 e. The van der Waals surface area contributed by atoms with Gasteiger partial charge < -0.3 is 9.26 Å². The monoisotopic (exact) mass is 444 g/mol. The number of rotatable bonds is 5. The molecule has 4 rings (SSSR count). The van der Waals surface area contributed by atoms with Gasteiger partial charge in [-0.15, -0.1) is 0 Å². The van der Waals surface area contributed by atoms with Gasteiger partial charge in [0.15, 0.2) is 5.82 Å². The second-order valence-corrected chi connectivity index (χ2v) is 9.04. The van der Waals surface area contributed by atoms with Gasteiger partial charge in [0.1, 0.15) is 5.92 Å². The highest BCUT2D eigenvalue weighted by Crippen LogP contribution is 2.32. The first-order chi connectivity index (χ1) is 14.9. The van der Waals surface area contributed by atoms with Gasteiger partial charge in [-0.25, -0.2) is 18.2 Å². The third kappa shape index (κ3) is 4.06. The molecule has 0 radical (unpaired) electrons. The van der Waals surface area contributed by atoms with E-state index in [1.807, 2.05) is 0 Å². The van der Waals surface area contributed by atoms with Crippen LogP contribution in [0.5, 0.6) is 0 Å². The highest BCUT2D eigenvalue weighted by Gasteiger charge is 2.35. The number of piperidine rings is 1. The number of nitrogens with zero attached hydrogens (tertiary/aromatic N) is 4. The molecule has 2 aliphatic heterocycles. The topological polar surface area (TPSA) is 132 Å². The third-order valence-electron chi connectivity index (χ3n) is 5.31. The molecule has 1 amide bonds. The maximum atomic E-state index is 13.1. The van der Waals surface area contributed by atoms with Crippen molar-refractivity contribution in [1.29, 1.82) is 0 Å². The first-order valence-electron chi connectivity index (χ1n) is 9.67. The molecule has 0 aliphatic carbocycles. The van der Waals surface area contributed by atoms with E-state index < -0.39 is 21.9 Å². The van der Waals surface area contributed by atoms with Gasteiger partial charge in [0.25, 0.3) is 5.91 Å². The summed E-state index contributed by atoms with van der Waals surface area (Å²) >= 11 is 0. The van der Waals surface area contributed by atoms with Gasteiger partial charge >= 0.3 is 5.97 Å². The van der Waals surface area contributed by atoms with Crippen molar-refractivity contribution in [2.75, 3.05) is 20.2 Å². The molecular weight excluding hydrogens is 424 g/mol. The van der Waals surface area contributed by atoms with Gasteiger partial charge in [-0.2, -0.15) is 9.29 Å². The summed E-state index contributed by atoms with van der Waals surface area (Å²) in [4.78, 5) is 31.9. The van der Waals surface area contributed by atoms with Gasteiger partial charge in [0.05, 0.1) is 17.6 Å². The van der Waals surface area contributed by atoms with Crippen molar-refractivity contribution in [1.82, 2.24) is 14.4 Å². The SMILES string of the molecule is COC(=O)c1ccccc1S(=O)(=O)N1CCC(c2nc(C3C=CC=NC3=O)no2)CC1. The zero-order valence-electron chi connectivity index (χ0n) is 16.7. The predicted molar refractivity (Wildman–Crippen MR) is 108 cm³/mol. The summed E-state index contributed by atoms with van der Waals surface area (Å²) in [6, 6.07) is 5.98. The van der Waals surface area contributed by atoms with E-state index in [4.69, 9.17) is 9.26 Å². The van der Waals surface area contributed by atoms with Crippen molar-refractivity contribution in [3.63, 3.8) is 0 Å². The fourth-order valence-corrected chi connectivity index (χ4v) is 5.28. The van der Waals surface area contributed by atoms with Crippen LogP contribution in [0.4, 0.5) is 0 Å². The number of esters is 1. The second-order valence-electron chi connectivity index (χ2n) is 7.14. The normalized spacial score (nSPS) is 20.2. The molecule has 1 saturated heterocycles. The predicted octanol–water partition coefficient (Wildman–Crippen LogP) is 1.68. The van der Waals surface area contributed by atoms with Crippen molar-refractivity contribution < 1.29 is 27.3 Å². The van der Waals surface area contributed by atoms with E-state index in [0.29, 0.717) is 18.7 Å². The summed E-state index contributed by atoms with van der Waals surface area (Å²) in [7, 11) is -2.67. The Bertz CT molecular complexity index is 1160. The lowest BCUT2D eigenvalue weighted by Crippen LogP contribution is -2.38. The number of hydrogen-bond donors (Lipinski definition) is 0. The summed E-state index contributed by atoms with van der Waals surface area (Å²) in [5.41, 5.74) is 0.00142. The van der Waals surface area contributed by atoms with E-state index in [1.165, 1.54) is 29.8 Å². The molecule has 0 bridgehead atoms. The number of hydrogen-bond acceptors (Lipinski definition) is 8. The van der Waals surface area contributed by atoms with Gasteiger partial charge in [-0.1, -0.05) is 23.4 Å². The summed E-state index contributed by atoms with van der Waals surface area (Å²) < 4.78 is 37.6. The molecule has 3 heterocycles.